The molecular formula is C13H12ClFN2. The molecule has 2 nitrogen and oxygen atoms in total. The summed E-state index contributed by atoms with van der Waals surface area (Å²) in [5, 5.41) is 3.12. The lowest BCUT2D eigenvalue weighted by Gasteiger charge is -2.08. The Hall–Kier alpha value is -1.74. The molecule has 0 aliphatic heterocycles. The van der Waals surface area contributed by atoms with E-state index in [0.29, 0.717) is 5.69 Å². The van der Waals surface area contributed by atoms with Crippen LogP contribution in [0.1, 0.15) is 0 Å². The molecule has 0 amide bonds. The molecule has 2 aromatic carbocycles. The molecule has 0 aliphatic rings. The van der Waals surface area contributed by atoms with Gasteiger partial charge in [0.25, 0.3) is 0 Å². The van der Waals surface area contributed by atoms with Crippen molar-refractivity contribution < 1.29 is 4.39 Å². The highest BCUT2D eigenvalue weighted by atomic mass is 35.5. The van der Waals surface area contributed by atoms with Gasteiger partial charge in [-0.3, -0.25) is 0 Å². The number of hydrogen-bond donors (Lipinski definition) is 2. The van der Waals surface area contributed by atoms with Crippen molar-refractivity contribution in [2.45, 2.75) is 0 Å². The summed E-state index contributed by atoms with van der Waals surface area (Å²) in [6.07, 6.45) is 0. The Labute approximate surface area is 104 Å². The predicted molar refractivity (Wildman–Crippen MR) is 70.8 cm³/mol. The van der Waals surface area contributed by atoms with Gasteiger partial charge in [0.05, 0.1) is 16.4 Å². The molecule has 0 unspecified atom stereocenters. The van der Waals surface area contributed by atoms with Crippen LogP contribution in [0.3, 0.4) is 0 Å². The number of hydrogen-bond acceptors (Lipinski definition) is 2. The number of rotatable bonds is 2. The summed E-state index contributed by atoms with van der Waals surface area (Å²) in [6.45, 7) is 0. The molecule has 0 aliphatic carbocycles. The Kier molecular flexibility index (Phi) is 3.20. The number of nitrogens with one attached hydrogen (secondary N) is 1. The average Bonchev–Trinajstić information content (AvgIpc) is 2.33. The van der Waals surface area contributed by atoms with Crippen LogP contribution in [0.4, 0.5) is 15.8 Å². The van der Waals surface area contributed by atoms with Gasteiger partial charge in [-0.25, -0.2) is 4.39 Å². The maximum absolute atomic E-state index is 13.1. The van der Waals surface area contributed by atoms with E-state index in [1.165, 1.54) is 6.07 Å². The summed E-state index contributed by atoms with van der Waals surface area (Å²) in [6, 6.07) is 10.2. The van der Waals surface area contributed by atoms with Crippen LogP contribution in [0.5, 0.6) is 0 Å². The smallest absolute Gasteiger partial charge is 0.141 e. The Morgan fingerprint density at radius 3 is 2.41 bits per heavy atom. The summed E-state index contributed by atoms with van der Waals surface area (Å²) >= 11 is 5.75. The topological polar surface area (TPSA) is 38.0 Å². The summed E-state index contributed by atoms with van der Waals surface area (Å²) in [5.41, 5.74) is 9.08. The van der Waals surface area contributed by atoms with Crippen LogP contribution in [-0.4, -0.2) is 7.05 Å². The summed E-state index contributed by atoms with van der Waals surface area (Å²) in [7, 11) is 1.80. The van der Waals surface area contributed by atoms with Crippen LogP contribution in [0.25, 0.3) is 11.1 Å². The second kappa shape index (κ2) is 4.63. The van der Waals surface area contributed by atoms with Crippen molar-refractivity contribution in [2.75, 3.05) is 18.1 Å². The minimum atomic E-state index is -0.417. The van der Waals surface area contributed by atoms with Crippen LogP contribution < -0.4 is 11.1 Å². The van der Waals surface area contributed by atoms with Crippen LogP contribution in [0.2, 0.25) is 5.02 Å². The van der Waals surface area contributed by atoms with Crippen molar-refractivity contribution in [1.29, 1.82) is 0 Å². The quantitative estimate of drug-likeness (QED) is 0.797. The second-order valence-corrected chi connectivity index (χ2v) is 4.09. The highest BCUT2D eigenvalue weighted by Crippen LogP contribution is 2.29. The van der Waals surface area contributed by atoms with Crippen molar-refractivity contribution >= 4 is 23.0 Å². The van der Waals surface area contributed by atoms with E-state index in [0.717, 1.165) is 16.8 Å². The van der Waals surface area contributed by atoms with E-state index in [1.54, 1.807) is 25.2 Å². The van der Waals surface area contributed by atoms with E-state index in [2.05, 4.69) is 5.32 Å². The molecule has 2 rings (SSSR count). The first-order valence-electron chi connectivity index (χ1n) is 5.14. The molecule has 4 heteroatoms. The Balaban J connectivity index is 2.49. The second-order valence-electron chi connectivity index (χ2n) is 3.68. The fourth-order valence-electron chi connectivity index (χ4n) is 1.63. The number of anilines is 2. The maximum atomic E-state index is 13.1. The molecule has 0 atom stereocenters. The lowest BCUT2D eigenvalue weighted by atomic mass is 10.0. The number of benzene rings is 2. The molecule has 88 valence electrons. The molecule has 0 aromatic heterocycles. The largest absolute Gasteiger partial charge is 0.397 e. The van der Waals surface area contributed by atoms with Gasteiger partial charge >= 0.3 is 0 Å². The van der Waals surface area contributed by atoms with Crippen molar-refractivity contribution in [3.8, 4) is 11.1 Å². The number of halogens is 2. The van der Waals surface area contributed by atoms with Gasteiger partial charge in [0, 0.05) is 7.05 Å². The summed E-state index contributed by atoms with van der Waals surface area (Å²) in [5.74, 6) is -0.417. The van der Waals surface area contributed by atoms with Crippen LogP contribution in [0, 0.1) is 5.82 Å². The Bertz CT molecular complexity index is 555. The zero-order valence-corrected chi connectivity index (χ0v) is 10.1. The molecule has 0 saturated heterocycles. The monoisotopic (exact) mass is 250 g/mol. The number of nitrogens with two attached hydrogens (primary N) is 1. The van der Waals surface area contributed by atoms with Crippen molar-refractivity contribution in [3.05, 3.63) is 47.2 Å². The van der Waals surface area contributed by atoms with E-state index in [1.807, 2.05) is 12.1 Å². The third-order valence-electron chi connectivity index (χ3n) is 2.58. The van der Waals surface area contributed by atoms with Crippen molar-refractivity contribution in [3.63, 3.8) is 0 Å². The van der Waals surface area contributed by atoms with Crippen LogP contribution >= 0.6 is 11.6 Å². The molecule has 0 spiro atoms. The van der Waals surface area contributed by atoms with Gasteiger partial charge in [-0.1, -0.05) is 23.7 Å². The van der Waals surface area contributed by atoms with E-state index in [9.17, 15) is 4.39 Å². The summed E-state index contributed by atoms with van der Waals surface area (Å²) in [4.78, 5) is 0. The molecule has 3 N–H and O–H groups in total. The van der Waals surface area contributed by atoms with Gasteiger partial charge in [-0.2, -0.15) is 0 Å². The van der Waals surface area contributed by atoms with Gasteiger partial charge in [0.15, 0.2) is 0 Å². The maximum Gasteiger partial charge on any atom is 0.141 e. The van der Waals surface area contributed by atoms with Gasteiger partial charge in [-0.05, 0) is 35.4 Å². The van der Waals surface area contributed by atoms with E-state index < -0.39 is 5.82 Å². The first kappa shape index (κ1) is 11.7. The minimum absolute atomic E-state index is 0.116. The Morgan fingerprint density at radius 1 is 1.12 bits per heavy atom. The van der Waals surface area contributed by atoms with Gasteiger partial charge in [0.1, 0.15) is 5.82 Å². The lowest BCUT2D eigenvalue weighted by molar-refractivity contribution is 0.628. The molecule has 0 saturated carbocycles. The van der Waals surface area contributed by atoms with Crippen molar-refractivity contribution in [1.82, 2.24) is 0 Å². The zero-order valence-electron chi connectivity index (χ0n) is 9.30. The molecule has 17 heavy (non-hydrogen) atoms. The van der Waals surface area contributed by atoms with Gasteiger partial charge < -0.3 is 11.1 Å². The van der Waals surface area contributed by atoms with Gasteiger partial charge in [-0.15, -0.1) is 0 Å². The highest BCUT2D eigenvalue weighted by Gasteiger charge is 2.05. The van der Waals surface area contributed by atoms with E-state index >= 15 is 0 Å². The van der Waals surface area contributed by atoms with Crippen LogP contribution in [0.15, 0.2) is 36.4 Å². The lowest BCUT2D eigenvalue weighted by Crippen LogP contribution is -1.95. The zero-order chi connectivity index (χ0) is 12.4. The fraction of sp³-hybridized carbons (Fsp3) is 0.0769. The molecular weight excluding hydrogens is 239 g/mol. The average molecular weight is 251 g/mol. The van der Waals surface area contributed by atoms with Crippen LogP contribution in [-0.2, 0) is 0 Å². The van der Waals surface area contributed by atoms with Gasteiger partial charge in [0.2, 0.25) is 0 Å². The van der Waals surface area contributed by atoms with Crippen molar-refractivity contribution in [2.24, 2.45) is 0 Å². The highest BCUT2D eigenvalue weighted by molar-refractivity contribution is 6.31. The molecule has 0 heterocycles. The third-order valence-corrected chi connectivity index (χ3v) is 2.87. The Morgan fingerprint density at radius 2 is 1.76 bits per heavy atom. The molecule has 0 radical (unpaired) electrons. The van der Waals surface area contributed by atoms with E-state index in [-0.39, 0.29) is 5.02 Å². The first-order chi connectivity index (χ1) is 8.11. The fourth-order valence-corrected chi connectivity index (χ4v) is 1.81. The normalized spacial score (nSPS) is 10.3. The van der Waals surface area contributed by atoms with E-state index in [4.69, 9.17) is 17.3 Å². The third kappa shape index (κ3) is 2.34. The molecule has 2 aromatic rings. The summed E-state index contributed by atoms with van der Waals surface area (Å²) < 4.78 is 13.1. The minimum Gasteiger partial charge on any atom is -0.397 e. The molecule has 0 fully saturated rings. The molecule has 0 bridgehead atoms. The first-order valence-corrected chi connectivity index (χ1v) is 5.52. The number of nitrogen functional groups attached to an aromatic ring is 1. The SMILES string of the molecule is CNc1cc(-c2ccc(F)c(Cl)c2)ccc1N. The standard InChI is InChI=1S/C13H12ClFN2/c1-17-13-7-9(3-5-12(13)16)8-2-4-11(15)10(14)6-8/h2-7,17H,16H2,1H3. The predicted octanol–water partition coefficient (Wildman–Crippen LogP) is 3.77.